The molecule has 0 aliphatic carbocycles. The fourth-order valence-corrected chi connectivity index (χ4v) is 1.59. The van der Waals surface area contributed by atoms with Crippen LogP contribution in [0, 0.1) is 5.92 Å². The predicted octanol–water partition coefficient (Wildman–Crippen LogP) is 1.50. The molecule has 0 radical (unpaired) electrons. The van der Waals surface area contributed by atoms with E-state index in [2.05, 4.69) is 21.2 Å². The molecule has 1 fully saturated rings. The van der Waals surface area contributed by atoms with Crippen LogP contribution in [-0.4, -0.2) is 17.3 Å². The third-order valence-corrected chi connectivity index (χ3v) is 1.91. The van der Waals surface area contributed by atoms with Crippen molar-refractivity contribution >= 4 is 21.8 Å². The van der Waals surface area contributed by atoms with E-state index in [0.717, 1.165) is 0 Å². The van der Waals surface area contributed by atoms with E-state index < -0.39 is 4.83 Å². The third-order valence-electron chi connectivity index (χ3n) is 1.58. The molecule has 1 heterocycles. The van der Waals surface area contributed by atoms with E-state index in [1.807, 2.05) is 0 Å². The molecule has 0 aromatic heterocycles. The molecule has 0 aromatic rings. The molecule has 11 heavy (non-hydrogen) atoms. The Kier molecular flexibility index (Phi) is 2.47. The normalized spacial score (nSPS) is 25.4. The number of hydrogen-bond donors (Lipinski definition) is 1. The van der Waals surface area contributed by atoms with Crippen LogP contribution in [0.3, 0.4) is 0 Å². The summed E-state index contributed by atoms with van der Waals surface area (Å²) in [6.07, 6.45) is -0.0487. The number of rotatable bonds is 2. The van der Waals surface area contributed by atoms with Crippen LogP contribution in [0.15, 0.2) is 0 Å². The Morgan fingerprint density at radius 3 is 2.73 bits per heavy atom. The van der Waals surface area contributed by atoms with Gasteiger partial charge in [-0.2, -0.15) is 8.78 Å². The van der Waals surface area contributed by atoms with Gasteiger partial charge in [-0.15, -0.1) is 0 Å². The molecule has 0 bridgehead atoms. The zero-order valence-corrected chi connectivity index (χ0v) is 7.33. The first-order valence-corrected chi connectivity index (χ1v) is 4.10. The highest BCUT2D eigenvalue weighted by Gasteiger charge is 2.32. The molecule has 1 atom stereocenters. The van der Waals surface area contributed by atoms with E-state index in [4.69, 9.17) is 0 Å². The standard InChI is InChI=1S/C6H8BrF2NO/c7-6(8,9)2-4-1-5(11)10-3-4/h4H,1-3H2,(H,10,11). The van der Waals surface area contributed by atoms with Crippen molar-refractivity contribution < 1.29 is 13.6 Å². The van der Waals surface area contributed by atoms with Crippen LogP contribution in [0.1, 0.15) is 12.8 Å². The average molecular weight is 228 g/mol. The molecule has 1 aliphatic heterocycles. The van der Waals surface area contributed by atoms with Crippen LogP contribution in [0.25, 0.3) is 0 Å². The molecule has 64 valence electrons. The molecule has 1 unspecified atom stereocenters. The van der Waals surface area contributed by atoms with Crippen molar-refractivity contribution in [2.24, 2.45) is 5.92 Å². The number of carbonyl (C=O) groups excluding carboxylic acids is 1. The molecule has 0 aromatic carbocycles. The smallest absolute Gasteiger partial charge is 0.301 e. The Balaban J connectivity index is 2.34. The zero-order valence-electron chi connectivity index (χ0n) is 5.74. The maximum atomic E-state index is 12.3. The second kappa shape index (κ2) is 3.05. The van der Waals surface area contributed by atoms with Crippen LogP contribution < -0.4 is 5.32 Å². The number of alkyl halides is 3. The van der Waals surface area contributed by atoms with Crippen LogP contribution in [0.2, 0.25) is 0 Å². The molecule has 0 saturated carbocycles. The molecule has 1 saturated heterocycles. The van der Waals surface area contributed by atoms with E-state index in [1.54, 1.807) is 0 Å². The van der Waals surface area contributed by atoms with Gasteiger partial charge in [0.1, 0.15) is 0 Å². The summed E-state index contributed by atoms with van der Waals surface area (Å²) in [7, 11) is 0. The monoisotopic (exact) mass is 227 g/mol. The van der Waals surface area contributed by atoms with E-state index in [9.17, 15) is 13.6 Å². The van der Waals surface area contributed by atoms with Crippen LogP contribution in [-0.2, 0) is 4.79 Å². The Morgan fingerprint density at radius 2 is 2.36 bits per heavy atom. The first-order chi connectivity index (χ1) is 4.97. The Hall–Kier alpha value is -0.190. The van der Waals surface area contributed by atoms with Crippen molar-refractivity contribution in [3.05, 3.63) is 0 Å². The summed E-state index contributed by atoms with van der Waals surface area (Å²) in [5, 5.41) is 2.50. The van der Waals surface area contributed by atoms with Gasteiger partial charge in [0.15, 0.2) is 0 Å². The van der Waals surface area contributed by atoms with Gasteiger partial charge in [-0.25, -0.2) is 0 Å². The highest BCUT2D eigenvalue weighted by atomic mass is 79.9. The van der Waals surface area contributed by atoms with Crippen molar-refractivity contribution in [2.45, 2.75) is 17.7 Å². The first-order valence-electron chi connectivity index (χ1n) is 3.31. The fraction of sp³-hybridized carbons (Fsp3) is 0.833. The lowest BCUT2D eigenvalue weighted by molar-refractivity contribution is -0.119. The van der Waals surface area contributed by atoms with Crippen molar-refractivity contribution in [3.8, 4) is 0 Å². The maximum absolute atomic E-state index is 12.3. The summed E-state index contributed by atoms with van der Waals surface area (Å²) in [5.41, 5.74) is 0. The lowest BCUT2D eigenvalue weighted by Crippen LogP contribution is -2.17. The van der Waals surface area contributed by atoms with Gasteiger partial charge >= 0.3 is 4.83 Å². The Bertz CT molecular complexity index is 168. The Labute approximate surface area is 71.5 Å². The molecule has 0 spiro atoms. The van der Waals surface area contributed by atoms with E-state index in [1.165, 1.54) is 0 Å². The van der Waals surface area contributed by atoms with Crippen molar-refractivity contribution in [1.29, 1.82) is 0 Å². The minimum Gasteiger partial charge on any atom is -0.356 e. The number of amides is 1. The number of nitrogens with one attached hydrogen (secondary N) is 1. The van der Waals surface area contributed by atoms with Crippen molar-refractivity contribution in [1.82, 2.24) is 5.32 Å². The van der Waals surface area contributed by atoms with E-state index in [-0.39, 0.29) is 24.7 Å². The van der Waals surface area contributed by atoms with Crippen molar-refractivity contribution in [2.75, 3.05) is 6.54 Å². The quantitative estimate of drug-likeness (QED) is 0.713. The average Bonchev–Trinajstić information content (AvgIpc) is 2.10. The van der Waals surface area contributed by atoms with Gasteiger partial charge in [-0.3, -0.25) is 4.79 Å². The van der Waals surface area contributed by atoms with Crippen LogP contribution in [0.4, 0.5) is 8.78 Å². The highest BCUT2D eigenvalue weighted by Crippen LogP contribution is 2.32. The zero-order chi connectivity index (χ0) is 8.48. The number of hydrogen-bond acceptors (Lipinski definition) is 1. The summed E-state index contributed by atoms with van der Waals surface area (Å²) in [4.78, 5) is 7.74. The SMILES string of the molecule is O=C1CC(CC(F)(F)Br)CN1. The van der Waals surface area contributed by atoms with Gasteiger partial charge in [-0.05, 0) is 21.8 Å². The minimum absolute atomic E-state index is 0.133. The summed E-state index contributed by atoms with van der Waals surface area (Å²) in [5.74, 6) is -0.358. The van der Waals surface area contributed by atoms with Crippen LogP contribution >= 0.6 is 15.9 Å². The van der Waals surface area contributed by atoms with Gasteiger partial charge in [-0.1, -0.05) is 0 Å². The third kappa shape index (κ3) is 3.14. The Morgan fingerprint density at radius 1 is 1.73 bits per heavy atom. The lowest BCUT2D eigenvalue weighted by atomic mass is 10.1. The molecule has 1 N–H and O–H groups in total. The molecule has 1 amide bonds. The fourth-order valence-electron chi connectivity index (χ4n) is 1.14. The van der Waals surface area contributed by atoms with Crippen LogP contribution in [0.5, 0.6) is 0 Å². The predicted molar refractivity (Wildman–Crippen MR) is 39.6 cm³/mol. The molecule has 5 heteroatoms. The second-order valence-corrected chi connectivity index (χ2v) is 3.85. The highest BCUT2D eigenvalue weighted by molar-refractivity contribution is 9.09. The summed E-state index contributed by atoms with van der Waals surface area (Å²) >= 11 is 2.24. The largest absolute Gasteiger partial charge is 0.356 e. The van der Waals surface area contributed by atoms with Gasteiger partial charge < -0.3 is 5.32 Å². The molecular weight excluding hydrogens is 220 g/mol. The summed E-state index contributed by atoms with van der Waals surface area (Å²) in [6.45, 7) is 0.375. The molecular formula is C6H8BrF2NO. The van der Waals surface area contributed by atoms with Gasteiger partial charge in [0, 0.05) is 19.4 Å². The molecule has 1 aliphatic rings. The first kappa shape index (κ1) is 8.90. The number of carbonyl (C=O) groups is 1. The second-order valence-electron chi connectivity index (χ2n) is 2.69. The number of halogens is 3. The van der Waals surface area contributed by atoms with Crippen molar-refractivity contribution in [3.63, 3.8) is 0 Å². The molecule has 2 nitrogen and oxygen atoms in total. The van der Waals surface area contributed by atoms with Gasteiger partial charge in [0.25, 0.3) is 0 Å². The minimum atomic E-state index is -2.83. The van der Waals surface area contributed by atoms with E-state index >= 15 is 0 Å². The summed E-state index contributed by atoms with van der Waals surface area (Å²) < 4.78 is 24.6. The maximum Gasteiger partial charge on any atom is 0.301 e. The van der Waals surface area contributed by atoms with Gasteiger partial charge in [0.05, 0.1) is 0 Å². The lowest BCUT2D eigenvalue weighted by Gasteiger charge is -2.11. The summed E-state index contributed by atoms with van der Waals surface area (Å²) in [6, 6.07) is 0. The van der Waals surface area contributed by atoms with Gasteiger partial charge in [0.2, 0.25) is 5.91 Å². The van der Waals surface area contributed by atoms with E-state index in [0.29, 0.717) is 6.54 Å². The topological polar surface area (TPSA) is 29.1 Å². The molecule has 1 rings (SSSR count).